The number of hydrogen-bond acceptors (Lipinski definition) is 29. The number of H-pyrrole nitrogens is 4. The van der Waals surface area contributed by atoms with E-state index in [1.54, 1.807) is 18.6 Å². The van der Waals surface area contributed by atoms with Crippen LogP contribution >= 0.6 is 0 Å². The number of piperazine rings is 1. The van der Waals surface area contributed by atoms with E-state index in [0.717, 1.165) is 337 Å². The molecule has 8 aliphatic heterocycles. The Hall–Kier alpha value is -15.1. The van der Waals surface area contributed by atoms with E-state index in [2.05, 4.69) is 184 Å². The number of carbonyl (C=O) groups is 4. The number of ether oxygens (including phenoxy) is 5. The van der Waals surface area contributed by atoms with E-state index in [4.69, 9.17) is 23.7 Å². The highest BCUT2D eigenvalue weighted by Gasteiger charge is 2.27. The molecule has 24 rings (SSSR count). The third-order valence-corrected chi connectivity index (χ3v) is 28.3. The highest BCUT2D eigenvalue weighted by molar-refractivity contribution is 6.15. The zero-order valence-corrected chi connectivity index (χ0v) is 83.9. The van der Waals surface area contributed by atoms with Gasteiger partial charge in [-0.1, -0.05) is 36.4 Å². The second kappa shape index (κ2) is 48.2. The number of nitrogens with one attached hydrogen (secondary N) is 8. The smallest absolute Gasteiger partial charge is 0.276 e. The van der Waals surface area contributed by atoms with Crippen molar-refractivity contribution in [1.82, 2.24) is 105 Å². The molecule has 0 aliphatic carbocycles. The number of pyridine rings is 7. The predicted molar refractivity (Wildman–Crippen MR) is 576 cm³/mol. The molecule has 0 bridgehead atoms. The summed E-state index contributed by atoms with van der Waals surface area (Å²) in [5.41, 5.74) is 21.2. The Morgan fingerprint density at radius 1 is 0.262 bits per heavy atom. The van der Waals surface area contributed by atoms with Crippen molar-refractivity contribution in [2.75, 3.05) is 227 Å². The number of aromatic nitrogens is 15. The van der Waals surface area contributed by atoms with Gasteiger partial charge in [-0.15, -0.1) is 0 Å². The Labute approximate surface area is 863 Å². The molecule has 0 radical (unpaired) electrons. The van der Waals surface area contributed by atoms with Crippen LogP contribution in [0.5, 0.6) is 0 Å². The number of morpholine rings is 5. The molecular formula is C112H124N28O9. The van der Waals surface area contributed by atoms with E-state index in [1.807, 2.05) is 171 Å². The van der Waals surface area contributed by atoms with E-state index in [0.29, 0.717) is 53.1 Å². The van der Waals surface area contributed by atoms with Crippen molar-refractivity contribution in [3.8, 4) is 44.5 Å². The van der Waals surface area contributed by atoms with E-state index in [1.165, 1.54) is 37.7 Å². The molecule has 19 heterocycles. The van der Waals surface area contributed by atoms with Crippen LogP contribution in [0, 0.1) is 0 Å². The zero-order chi connectivity index (χ0) is 101. The molecule has 8 saturated heterocycles. The lowest BCUT2D eigenvalue weighted by atomic mass is 10.0. The van der Waals surface area contributed by atoms with Gasteiger partial charge in [0.25, 0.3) is 23.6 Å². The second-order valence-corrected chi connectivity index (χ2v) is 38.9. The van der Waals surface area contributed by atoms with E-state index in [9.17, 15) is 19.2 Å². The number of amides is 4. The molecule has 149 heavy (non-hydrogen) atoms. The van der Waals surface area contributed by atoms with Gasteiger partial charge in [-0.3, -0.25) is 84.0 Å². The predicted octanol–water partition coefficient (Wildman–Crippen LogP) is 14.2. The molecule has 0 spiro atoms. The maximum absolute atomic E-state index is 13.3. The quantitative estimate of drug-likeness (QED) is 0.0263. The Bertz CT molecular complexity index is 7040. The molecule has 766 valence electrons. The molecule has 8 fully saturated rings. The number of benzene rings is 5. The summed E-state index contributed by atoms with van der Waals surface area (Å²) < 4.78 is 27.2. The number of nitrogens with zero attached hydrogens (tertiary/aromatic N) is 20. The van der Waals surface area contributed by atoms with Crippen LogP contribution in [0.25, 0.3) is 88.1 Å². The fourth-order valence-electron chi connectivity index (χ4n) is 20.0. The first-order valence-corrected chi connectivity index (χ1v) is 51.7. The van der Waals surface area contributed by atoms with Crippen LogP contribution in [0.4, 0.5) is 40.2 Å². The molecule has 37 heteroatoms. The molecule has 0 unspecified atom stereocenters. The summed E-state index contributed by atoms with van der Waals surface area (Å²) in [7, 11) is 2.16. The topological polar surface area (TPSA) is 397 Å². The lowest BCUT2D eigenvalue weighted by Gasteiger charge is -2.32. The minimum Gasteiger partial charge on any atom is -0.379 e. The summed E-state index contributed by atoms with van der Waals surface area (Å²) in [6, 6.07) is 52.2. The first-order chi connectivity index (χ1) is 73.3. The number of piperidine rings is 1. The van der Waals surface area contributed by atoms with Gasteiger partial charge in [-0.05, 0) is 211 Å². The molecule has 16 aromatic rings. The number of rotatable bonds is 25. The molecule has 11 aromatic heterocycles. The van der Waals surface area contributed by atoms with Crippen molar-refractivity contribution >= 4 is 107 Å². The maximum atomic E-state index is 13.3. The van der Waals surface area contributed by atoms with E-state index >= 15 is 0 Å². The minimum absolute atomic E-state index is 0.227. The van der Waals surface area contributed by atoms with Gasteiger partial charge in [-0.2, -0.15) is 20.4 Å². The summed E-state index contributed by atoms with van der Waals surface area (Å²) in [4.78, 5) is 105. The largest absolute Gasteiger partial charge is 0.379 e. The van der Waals surface area contributed by atoms with Gasteiger partial charge >= 0.3 is 0 Å². The molecule has 4 amide bonds. The molecule has 0 atom stereocenters. The van der Waals surface area contributed by atoms with Crippen molar-refractivity contribution in [3.63, 3.8) is 0 Å². The molecule has 37 nitrogen and oxygen atoms in total. The van der Waals surface area contributed by atoms with Crippen LogP contribution in [-0.2, 0) is 56.4 Å². The Morgan fingerprint density at radius 3 is 0.852 bits per heavy atom. The fourth-order valence-corrected chi connectivity index (χ4v) is 20.0. The monoisotopic (exact) mass is 2010 g/mol. The van der Waals surface area contributed by atoms with Crippen LogP contribution in [-0.4, -0.2) is 320 Å². The Kier molecular flexibility index (Phi) is 32.3. The van der Waals surface area contributed by atoms with Crippen LogP contribution in [0.1, 0.15) is 102 Å². The lowest BCUT2D eigenvalue weighted by Crippen LogP contribution is -2.43. The first kappa shape index (κ1) is 99.8. The molecule has 5 aromatic carbocycles. The summed E-state index contributed by atoms with van der Waals surface area (Å²) in [6.45, 7) is 29.3. The summed E-state index contributed by atoms with van der Waals surface area (Å²) >= 11 is 0. The number of anilines is 7. The van der Waals surface area contributed by atoms with Crippen molar-refractivity contribution in [1.29, 1.82) is 0 Å². The van der Waals surface area contributed by atoms with Crippen LogP contribution in [0.15, 0.2) is 226 Å². The Morgan fingerprint density at radius 2 is 0.544 bits per heavy atom. The second-order valence-electron chi connectivity index (χ2n) is 38.9. The van der Waals surface area contributed by atoms with Crippen molar-refractivity contribution < 1.29 is 42.9 Å². The van der Waals surface area contributed by atoms with Crippen LogP contribution in [0.2, 0.25) is 0 Å². The van der Waals surface area contributed by atoms with Crippen LogP contribution < -0.4 is 36.0 Å². The third-order valence-electron chi connectivity index (χ3n) is 28.3. The average Bonchev–Trinajstić information content (AvgIpc) is 1.68. The van der Waals surface area contributed by atoms with Gasteiger partial charge in [0.15, 0.2) is 22.8 Å². The third kappa shape index (κ3) is 25.6. The molecule has 8 aliphatic rings. The first-order valence-electron chi connectivity index (χ1n) is 51.7. The van der Waals surface area contributed by atoms with Gasteiger partial charge in [0.05, 0.1) is 124 Å². The average molecular weight is 2010 g/mol. The highest BCUT2D eigenvalue weighted by atomic mass is 16.5. The van der Waals surface area contributed by atoms with Crippen molar-refractivity contribution in [2.24, 2.45) is 0 Å². The number of carbonyl (C=O) groups excluding carboxylic acids is 4. The number of aromatic amines is 4. The SMILES string of the molecule is CN1CCN(Cc2cccc(NC(=O)c3n[nH]c4ccc(-c5cncc(CN6CCOCC6)c5)cc34)c2)CC1.O=C(Nc1ccc(N2CCCC2)nc1)c1n[nH]c2ccc(-c3cncc(CN4CCOCC4)c3)cc12.O=C(Nc1ccc(N2CCCCC2)nc1)c1n[nH]c2ccc(-c3cncc(CN4CCOCC4)c3)cc12.O=C(Nc1ccc(N2CCOCC2)nc1)c1n[nH]c2ccc(-c3cncc(CN4CCOCC4)c3)cc12. The molecule has 0 saturated carbocycles. The van der Waals surface area contributed by atoms with Gasteiger partial charge in [0.1, 0.15) is 17.5 Å². The van der Waals surface area contributed by atoms with Gasteiger partial charge in [0, 0.05) is 250 Å². The summed E-state index contributed by atoms with van der Waals surface area (Å²) in [6.07, 6.45) is 26.3. The number of likely N-dealkylation sites (N-methyl/N-ethyl adjacent to an activating group) is 1. The van der Waals surface area contributed by atoms with Crippen LogP contribution in [0.3, 0.4) is 0 Å². The number of fused-ring (bicyclic) bond motifs is 4. The van der Waals surface area contributed by atoms with Crippen molar-refractivity contribution in [2.45, 2.75) is 64.8 Å². The van der Waals surface area contributed by atoms with Crippen molar-refractivity contribution in [3.05, 3.63) is 276 Å². The fraction of sp³-hybridized carbons (Fsp3) is 0.348. The Balaban J connectivity index is 0.000000116. The minimum atomic E-state index is -0.288. The molecular weight excluding hydrogens is 1880 g/mol. The van der Waals surface area contributed by atoms with Gasteiger partial charge in [0.2, 0.25) is 0 Å². The summed E-state index contributed by atoms with van der Waals surface area (Å²) in [5.74, 6) is 1.73. The molecule has 8 N–H and O–H groups in total. The number of hydrogen-bond donors (Lipinski definition) is 8. The normalized spacial score (nSPS) is 16.9. The highest BCUT2D eigenvalue weighted by Crippen LogP contribution is 2.35. The maximum Gasteiger partial charge on any atom is 0.276 e. The standard InChI is InChI=1S/C30H35N7O2.C28H31N7O2.C27H29N7O3.C27H29N7O2/c1-35-7-9-36(10-8-35)20-22-3-2-4-26(16-22)32-30(38)29-27-17-24(5-6-28(27)33-34-29)25-15-23(18-31-19-25)21-37-11-13-39-14-12-37;36-28(31-23-5-7-26(30-18-23)35-8-2-1-3-9-35)27-24-15-21(4-6-25(24)32-33-27)22-14-20(16-29-17-22)19-34-10-12-37-13-11-34;35-27(30-22-2-4-25(29-17-22)34-7-11-37-12-8-34)26-23-14-20(1-3-24(23)31-32-26)21-13-19(15-28-16-21)18-33-5-9-36-10-6-33;35-27(30-22-4-6-25(29-17-22)34-7-1-2-8-34)26-23-14-20(3-5-24(23)31-32-26)21-13-19(15-28-16-21)18-33-9-11-36-12-10-33/h2-6,15-19H,7-14,20-21H2,1H3,(H,32,38)(H,33,34);4-7,14-18H,1-3,8-13,19H2,(H,31,36)(H,32,33);1-4,13-17H,5-12,18H2,(H,30,35)(H,31,32);3-6,13-17H,1-2,7-12,18H2,(H,30,35)(H,31,32). The van der Waals surface area contributed by atoms with Gasteiger partial charge in [-0.25, -0.2) is 15.0 Å². The van der Waals surface area contributed by atoms with E-state index < -0.39 is 0 Å². The van der Waals surface area contributed by atoms with E-state index in [-0.39, 0.29) is 23.6 Å². The zero-order valence-electron chi connectivity index (χ0n) is 83.9. The lowest BCUT2D eigenvalue weighted by molar-refractivity contribution is 0.0341. The summed E-state index contributed by atoms with van der Waals surface area (Å²) in [5, 5.41) is 44.2. The van der Waals surface area contributed by atoms with Gasteiger partial charge < -0.3 is 64.6 Å².